The number of halogens is 1. The molecule has 2 rings (SSSR count). The molecule has 1 atom stereocenters. The number of carbonyl (C=O) groups is 1. The van der Waals surface area contributed by atoms with Gasteiger partial charge in [-0.25, -0.2) is 0 Å². The van der Waals surface area contributed by atoms with E-state index in [0.717, 1.165) is 6.54 Å². The Morgan fingerprint density at radius 3 is 2.40 bits per heavy atom. The highest BCUT2D eigenvalue weighted by atomic mass is 35.5. The second-order valence-corrected chi connectivity index (χ2v) is 3.46. The van der Waals surface area contributed by atoms with E-state index in [9.17, 15) is 4.79 Å². The molecule has 3 nitrogen and oxygen atoms in total. The molecule has 1 saturated heterocycles. The maximum absolute atomic E-state index is 10.7. The minimum atomic E-state index is -0.278. The molecule has 1 aliphatic rings. The third kappa shape index (κ3) is 2.94. The van der Waals surface area contributed by atoms with E-state index in [1.54, 1.807) is 0 Å². The summed E-state index contributed by atoms with van der Waals surface area (Å²) in [6.07, 6.45) is 1.19. The van der Waals surface area contributed by atoms with Gasteiger partial charge in [0.15, 0.2) is 0 Å². The number of rotatable bonds is 2. The Bertz CT molecular complexity index is 333. The van der Waals surface area contributed by atoms with E-state index in [0.29, 0.717) is 11.8 Å². The molecule has 1 aromatic carbocycles. The molecule has 0 amide bonds. The maximum Gasteiger partial charge on any atom is 0.308 e. The first kappa shape index (κ1) is 12.0. The topological polar surface area (TPSA) is 38.3 Å². The van der Waals surface area contributed by atoms with Gasteiger partial charge in [-0.15, -0.1) is 12.4 Å². The Morgan fingerprint density at radius 2 is 2.00 bits per heavy atom. The molecule has 0 aromatic heterocycles. The molecule has 15 heavy (non-hydrogen) atoms. The normalized spacial score (nSPS) is 18.6. The smallest absolute Gasteiger partial charge is 0.308 e. The predicted molar refractivity (Wildman–Crippen MR) is 60.4 cm³/mol. The minimum Gasteiger partial charge on any atom is -0.427 e. The first-order valence-electron chi connectivity index (χ1n) is 4.77. The van der Waals surface area contributed by atoms with Crippen LogP contribution in [-0.2, 0) is 4.79 Å². The van der Waals surface area contributed by atoms with Crippen LogP contribution in [-0.4, -0.2) is 12.5 Å². The second kappa shape index (κ2) is 5.14. The zero-order valence-corrected chi connectivity index (χ0v) is 9.34. The van der Waals surface area contributed by atoms with Crippen LogP contribution in [0.3, 0.4) is 0 Å². The number of carbonyl (C=O) groups excluding carboxylic acids is 1. The van der Waals surface area contributed by atoms with Gasteiger partial charge in [-0.1, -0.05) is 12.1 Å². The third-order valence-electron chi connectivity index (χ3n) is 2.37. The van der Waals surface area contributed by atoms with Crippen molar-refractivity contribution in [1.82, 2.24) is 5.32 Å². The van der Waals surface area contributed by atoms with Gasteiger partial charge >= 0.3 is 5.97 Å². The average Bonchev–Trinajstić information content (AvgIpc) is 2.04. The average molecular weight is 228 g/mol. The van der Waals surface area contributed by atoms with Crippen LogP contribution in [0.4, 0.5) is 0 Å². The summed E-state index contributed by atoms with van der Waals surface area (Å²) in [6, 6.07) is 8.14. The van der Waals surface area contributed by atoms with Crippen LogP contribution >= 0.6 is 12.4 Å². The van der Waals surface area contributed by atoms with Crippen molar-refractivity contribution < 1.29 is 9.53 Å². The Kier molecular flexibility index (Phi) is 4.12. The molecule has 1 N–H and O–H groups in total. The summed E-state index contributed by atoms with van der Waals surface area (Å²) >= 11 is 0. The molecule has 0 bridgehead atoms. The van der Waals surface area contributed by atoms with Crippen LogP contribution in [0.25, 0.3) is 0 Å². The number of hydrogen-bond acceptors (Lipinski definition) is 3. The molecule has 0 radical (unpaired) electrons. The van der Waals surface area contributed by atoms with Crippen molar-refractivity contribution in [3.05, 3.63) is 29.8 Å². The highest BCUT2D eigenvalue weighted by Crippen LogP contribution is 2.24. The van der Waals surface area contributed by atoms with Crippen molar-refractivity contribution in [3.8, 4) is 5.75 Å². The van der Waals surface area contributed by atoms with Crippen LogP contribution in [0.2, 0.25) is 0 Å². The monoisotopic (exact) mass is 227 g/mol. The summed E-state index contributed by atoms with van der Waals surface area (Å²) in [5, 5.41) is 3.31. The second-order valence-electron chi connectivity index (χ2n) is 3.46. The lowest BCUT2D eigenvalue weighted by atomic mass is 9.98. The van der Waals surface area contributed by atoms with E-state index < -0.39 is 0 Å². The Balaban J connectivity index is 0.00000112. The number of nitrogens with one attached hydrogen (secondary N) is 1. The SMILES string of the molecule is CC(=O)Oc1ccc([C@@H]2CCN2)cc1.Cl. The molecule has 1 fully saturated rings. The quantitative estimate of drug-likeness (QED) is 0.621. The molecule has 0 spiro atoms. The van der Waals surface area contributed by atoms with Crippen molar-refractivity contribution in [2.24, 2.45) is 0 Å². The van der Waals surface area contributed by atoms with E-state index in [-0.39, 0.29) is 18.4 Å². The van der Waals surface area contributed by atoms with Crippen LogP contribution in [0.15, 0.2) is 24.3 Å². The number of ether oxygens (including phenoxy) is 1. The lowest BCUT2D eigenvalue weighted by Gasteiger charge is -2.27. The van der Waals surface area contributed by atoms with E-state index in [1.165, 1.54) is 18.9 Å². The van der Waals surface area contributed by atoms with Crippen molar-refractivity contribution >= 4 is 18.4 Å². The van der Waals surface area contributed by atoms with Gasteiger partial charge in [-0.05, 0) is 30.7 Å². The first-order chi connectivity index (χ1) is 6.75. The molecule has 1 aliphatic heterocycles. The van der Waals surface area contributed by atoms with Crippen molar-refractivity contribution in [1.29, 1.82) is 0 Å². The lowest BCUT2D eigenvalue weighted by molar-refractivity contribution is -0.131. The lowest BCUT2D eigenvalue weighted by Crippen LogP contribution is -2.34. The number of benzene rings is 1. The van der Waals surface area contributed by atoms with Crippen molar-refractivity contribution in [2.75, 3.05) is 6.54 Å². The Morgan fingerprint density at radius 1 is 1.40 bits per heavy atom. The molecule has 0 aliphatic carbocycles. The zero-order chi connectivity index (χ0) is 9.97. The molecule has 0 saturated carbocycles. The van der Waals surface area contributed by atoms with Gasteiger partial charge < -0.3 is 10.1 Å². The van der Waals surface area contributed by atoms with Gasteiger partial charge in [0.2, 0.25) is 0 Å². The zero-order valence-electron chi connectivity index (χ0n) is 8.53. The standard InChI is InChI=1S/C11H13NO2.ClH/c1-8(13)14-10-4-2-9(3-5-10)11-6-7-12-11;/h2-5,11-12H,6-7H2,1H3;1H/t11-;/m0./s1. The minimum absolute atomic E-state index is 0. The fourth-order valence-corrected chi connectivity index (χ4v) is 1.51. The van der Waals surface area contributed by atoms with Gasteiger partial charge in [0.1, 0.15) is 5.75 Å². The van der Waals surface area contributed by atoms with Crippen LogP contribution in [0, 0.1) is 0 Å². The summed E-state index contributed by atoms with van der Waals surface area (Å²) in [5.74, 6) is 0.333. The summed E-state index contributed by atoms with van der Waals surface area (Å²) in [5.41, 5.74) is 1.26. The van der Waals surface area contributed by atoms with Crippen LogP contribution in [0.1, 0.15) is 24.9 Å². The fourth-order valence-electron chi connectivity index (χ4n) is 1.51. The molecular weight excluding hydrogens is 214 g/mol. The summed E-state index contributed by atoms with van der Waals surface area (Å²) in [4.78, 5) is 10.7. The summed E-state index contributed by atoms with van der Waals surface area (Å²) in [7, 11) is 0. The maximum atomic E-state index is 10.7. The van der Waals surface area contributed by atoms with E-state index in [2.05, 4.69) is 5.32 Å². The predicted octanol–water partition coefficient (Wildman–Crippen LogP) is 2.07. The number of hydrogen-bond donors (Lipinski definition) is 1. The Labute approximate surface area is 95.2 Å². The van der Waals surface area contributed by atoms with Crippen molar-refractivity contribution in [3.63, 3.8) is 0 Å². The molecule has 1 aromatic rings. The highest BCUT2D eigenvalue weighted by Gasteiger charge is 2.17. The van der Waals surface area contributed by atoms with Gasteiger partial charge in [0, 0.05) is 13.0 Å². The molecule has 4 heteroatoms. The van der Waals surface area contributed by atoms with Gasteiger partial charge in [-0.2, -0.15) is 0 Å². The highest BCUT2D eigenvalue weighted by molar-refractivity contribution is 5.85. The number of esters is 1. The van der Waals surface area contributed by atoms with E-state index in [4.69, 9.17) is 4.74 Å². The third-order valence-corrected chi connectivity index (χ3v) is 2.37. The van der Waals surface area contributed by atoms with Crippen LogP contribution in [0.5, 0.6) is 5.75 Å². The summed E-state index contributed by atoms with van der Waals surface area (Å²) in [6.45, 7) is 2.50. The van der Waals surface area contributed by atoms with Gasteiger partial charge in [-0.3, -0.25) is 4.79 Å². The van der Waals surface area contributed by atoms with Gasteiger partial charge in [0.25, 0.3) is 0 Å². The first-order valence-corrected chi connectivity index (χ1v) is 4.77. The molecular formula is C11H14ClNO2. The summed E-state index contributed by atoms with van der Waals surface area (Å²) < 4.78 is 4.94. The fraction of sp³-hybridized carbons (Fsp3) is 0.364. The molecule has 1 heterocycles. The largest absolute Gasteiger partial charge is 0.427 e. The molecule has 82 valence electrons. The van der Waals surface area contributed by atoms with Crippen molar-refractivity contribution in [2.45, 2.75) is 19.4 Å². The van der Waals surface area contributed by atoms with Gasteiger partial charge in [0.05, 0.1) is 0 Å². The van der Waals surface area contributed by atoms with Crippen LogP contribution < -0.4 is 10.1 Å². The molecule has 0 unspecified atom stereocenters. The van der Waals surface area contributed by atoms with E-state index in [1.807, 2.05) is 24.3 Å². The van der Waals surface area contributed by atoms with E-state index >= 15 is 0 Å². The Hall–Kier alpha value is -1.06.